The van der Waals surface area contributed by atoms with Gasteiger partial charge in [-0.15, -0.1) is 0 Å². The fraction of sp³-hybridized carbons (Fsp3) is 0.667. The minimum Gasteiger partial charge on any atom is -0.481 e. The van der Waals surface area contributed by atoms with Crippen molar-refractivity contribution in [2.24, 2.45) is 5.73 Å². The number of hydrogen-bond acceptors (Lipinski definition) is 3. The number of carbonyl (C=O) groups excluding carboxylic acids is 1. The number of carboxylic acids is 1. The quantitative estimate of drug-likeness (QED) is 0.545. The zero-order chi connectivity index (χ0) is 9.02. The van der Waals surface area contributed by atoms with Crippen molar-refractivity contribution in [1.82, 2.24) is 4.90 Å². The molecule has 11 heavy (non-hydrogen) atoms. The van der Waals surface area contributed by atoms with Crippen molar-refractivity contribution < 1.29 is 14.7 Å². The molecule has 0 saturated heterocycles. The topological polar surface area (TPSA) is 83.6 Å². The maximum atomic E-state index is 10.6. The van der Waals surface area contributed by atoms with E-state index in [0.717, 1.165) is 0 Å². The summed E-state index contributed by atoms with van der Waals surface area (Å²) in [4.78, 5) is 22.3. The number of carboxylic acid groups (broad SMARTS) is 1. The number of hydrogen-bond donors (Lipinski definition) is 2. The van der Waals surface area contributed by atoms with Crippen molar-refractivity contribution in [3.63, 3.8) is 0 Å². The second-order valence-electron chi connectivity index (χ2n) is 2.48. The van der Waals surface area contributed by atoms with Gasteiger partial charge in [0.1, 0.15) is 0 Å². The van der Waals surface area contributed by atoms with Gasteiger partial charge in [0.25, 0.3) is 0 Å². The summed E-state index contributed by atoms with van der Waals surface area (Å²) < 4.78 is 0. The number of amides is 1. The highest BCUT2D eigenvalue weighted by atomic mass is 16.4. The average molecular weight is 160 g/mol. The van der Waals surface area contributed by atoms with Crippen molar-refractivity contribution in [2.45, 2.75) is 12.5 Å². The Balaban J connectivity index is 4.12. The van der Waals surface area contributed by atoms with E-state index >= 15 is 0 Å². The Bertz CT molecular complexity index is 167. The lowest BCUT2D eigenvalue weighted by molar-refractivity contribution is -0.140. The third-order valence-electron chi connectivity index (χ3n) is 1.32. The summed E-state index contributed by atoms with van der Waals surface area (Å²) >= 11 is 0. The molecule has 0 rings (SSSR count). The third kappa shape index (κ3) is 3.57. The van der Waals surface area contributed by atoms with Crippen LogP contribution in [0, 0.1) is 0 Å². The highest BCUT2D eigenvalue weighted by Crippen LogP contribution is 1.97. The lowest BCUT2D eigenvalue weighted by Crippen LogP contribution is -2.41. The van der Waals surface area contributed by atoms with Crippen molar-refractivity contribution in [2.75, 3.05) is 14.1 Å². The normalized spacial score (nSPS) is 13.0. The number of nitrogens with two attached hydrogens (primary N) is 1. The van der Waals surface area contributed by atoms with E-state index in [1.165, 1.54) is 4.90 Å². The van der Waals surface area contributed by atoms with Crippen LogP contribution in [0.5, 0.6) is 0 Å². The zero-order valence-corrected chi connectivity index (χ0v) is 6.57. The fourth-order valence-corrected chi connectivity index (χ4v) is 0.703. The Hall–Kier alpha value is -1.10. The zero-order valence-electron chi connectivity index (χ0n) is 6.57. The molecule has 0 aliphatic heterocycles. The van der Waals surface area contributed by atoms with Crippen LogP contribution in [0.3, 0.4) is 0 Å². The van der Waals surface area contributed by atoms with Crippen LogP contribution in [0.25, 0.3) is 0 Å². The molecule has 0 fully saturated rings. The Labute approximate surface area is 64.8 Å². The standard InChI is InChI=1S/C6H12N2O3/c1-8(2)4(6(7)11)3-5(9)10/h4H,3H2,1-2H3,(H2,7,11)(H,9,10). The van der Waals surface area contributed by atoms with Crippen molar-refractivity contribution in [3.8, 4) is 0 Å². The van der Waals surface area contributed by atoms with E-state index in [4.69, 9.17) is 10.8 Å². The molecule has 0 aromatic carbocycles. The average Bonchev–Trinajstić information content (AvgIpc) is 1.81. The molecule has 64 valence electrons. The summed E-state index contributed by atoms with van der Waals surface area (Å²) in [6.07, 6.45) is -0.248. The van der Waals surface area contributed by atoms with E-state index in [1.807, 2.05) is 0 Å². The molecule has 5 heteroatoms. The maximum absolute atomic E-state index is 10.6. The number of carbonyl (C=O) groups is 2. The molecule has 1 amide bonds. The van der Waals surface area contributed by atoms with Gasteiger partial charge in [-0.05, 0) is 14.1 Å². The van der Waals surface area contributed by atoms with Crippen LogP contribution >= 0.6 is 0 Å². The number of primary amides is 1. The molecule has 0 aromatic rings. The molecule has 0 spiro atoms. The second kappa shape index (κ2) is 3.92. The van der Waals surface area contributed by atoms with E-state index in [2.05, 4.69) is 0 Å². The molecule has 0 saturated carbocycles. The molecule has 0 radical (unpaired) electrons. The first-order valence-electron chi connectivity index (χ1n) is 3.12. The Morgan fingerprint density at radius 1 is 1.55 bits per heavy atom. The minimum atomic E-state index is -1.03. The molecule has 0 aliphatic rings. The fourth-order valence-electron chi connectivity index (χ4n) is 0.703. The summed E-state index contributed by atoms with van der Waals surface area (Å²) in [6.45, 7) is 0. The maximum Gasteiger partial charge on any atom is 0.305 e. The molecular weight excluding hydrogens is 148 g/mol. The highest BCUT2D eigenvalue weighted by Gasteiger charge is 2.20. The van der Waals surface area contributed by atoms with Crippen molar-refractivity contribution in [1.29, 1.82) is 0 Å². The summed E-state index contributed by atoms with van der Waals surface area (Å²) in [5.74, 6) is -1.64. The van der Waals surface area contributed by atoms with E-state index in [9.17, 15) is 9.59 Å². The number of nitrogens with zero attached hydrogens (tertiary/aromatic N) is 1. The second-order valence-corrected chi connectivity index (χ2v) is 2.48. The monoisotopic (exact) mass is 160 g/mol. The lowest BCUT2D eigenvalue weighted by Gasteiger charge is -2.18. The molecule has 0 aliphatic carbocycles. The van der Waals surface area contributed by atoms with Gasteiger partial charge in [-0.3, -0.25) is 14.5 Å². The third-order valence-corrected chi connectivity index (χ3v) is 1.32. The number of likely N-dealkylation sites (N-methyl/N-ethyl adjacent to an activating group) is 1. The Morgan fingerprint density at radius 3 is 2.09 bits per heavy atom. The van der Waals surface area contributed by atoms with Crippen LogP contribution in [0.4, 0.5) is 0 Å². The van der Waals surface area contributed by atoms with E-state index in [-0.39, 0.29) is 6.42 Å². The van der Waals surface area contributed by atoms with Crippen LogP contribution in [-0.2, 0) is 9.59 Å². The highest BCUT2D eigenvalue weighted by molar-refractivity contribution is 5.84. The smallest absolute Gasteiger partial charge is 0.305 e. The molecule has 0 aromatic heterocycles. The largest absolute Gasteiger partial charge is 0.481 e. The predicted octanol–water partition coefficient (Wildman–Crippen LogP) is -1.12. The molecule has 0 bridgehead atoms. The molecule has 1 unspecified atom stereocenters. The summed E-state index contributed by atoms with van der Waals surface area (Å²) in [7, 11) is 3.22. The van der Waals surface area contributed by atoms with Gasteiger partial charge in [0, 0.05) is 0 Å². The summed E-state index contributed by atoms with van der Waals surface area (Å²) in [5, 5.41) is 8.35. The van der Waals surface area contributed by atoms with Gasteiger partial charge in [-0.2, -0.15) is 0 Å². The van der Waals surface area contributed by atoms with Crippen LogP contribution in [0.2, 0.25) is 0 Å². The van der Waals surface area contributed by atoms with Crippen LogP contribution in [-0.4, -0.2) is 42.0 Å². The summed E-state index contributed by atoms with van der Waals surface area (Å²) in [5.41, 5.74) is 4.94. The Kier molecular flexibility index (Phi) is 3.53. The van der Waals surface area contributed by atoms with Crippen molar-refractivity contribution >= 4 is 11.9 Å². The SMILES string of the molecule is CN(C)C(CC(=O)O)C(N)=O. The molecule has 3 N–H and O–H groups in total. The predicted molar refractivity (Wildman–Crippen MR) is 38.9 cm³/mol. The van der Waals surface area contributed by atoms with Gasteiger partial charge in [-0.25, -0.2) is 0 Å². The Morgan fingerprint density at radius 2 is 2.00 bits per heavy atom. The molecule has 0 heterocycles. The van der Waals surface area contributed by atoms with Crippen LogP contribution in [0.15, 0.2) is 0 Å². The lowest BCUT2D eigenvalue weighted by atomic mass is 10.2. The van der Waals surface area contributed by atoms with Gasteiger partial charge in [0.15, 0.2) is 0 Å². The van der Waals surface area contributed by atoms with Gasteiger partial charge in [0.05, 0.1) is 12.5 Å². The van der Waals surface area contributed by atoms with E-state index < -0.39 is 17.9 Å². The van der Waals surface area contributed by atoms with Crippen LogP contribution in [0.1, 0.15) is 6.42 Å². The molecule has 1 atom stereocenters. The first kappa shape index (κ1) is 9.90. The van der Waals surface area contributed by atoms with Gasteiger partial charge < -0.3 is 10.8 Å². The molecular formula is C6H12N2O3. The van der Waals surface area contributed by atoms with Gasteiger partial charge in [-0.1, -0.05) is 0 Å². The summed E-state index contributed by atoms with van der Waals surface area (Å²) in [6, 6.07) is -0.715. The van der Waals surface area contributed by atoms with Gasteiger partial charge >= 0.3 is 5.97 Å². The first-order valence-corrected chi connectivity index (χ1v) is 3.12. The first-order chi connectivity index (χ1) is 4.95. The minimum absolute atomic E-state index is 0.248. The van der Waals surface area contributed by atoms with E-state index in [0.29, 0.717) is 0 Å². The number of rotatable bonds is 4. The van der Waals surface area contributed by atoms with E-state index in [1.54, 1.807) is 14.1 Å². The molecule has 5 nitrogen and oxygen atoms in total. The van der Waals surface area contributed by atoms with Gasteiger partial charge in [0.2, 0.25) is 5.91 Å². The number of aliphatic carboxylic acids is 1. The van der Waals surface area contributed by atoms with Crippen molar-refractivity contribution in [3.05, 3.63) is 0 Å². The van der Waals surface area contributed by atoms with Crippen LogP contribution < -0.4 is 5.73 Å².